The zero-order valence-electron chi connectivity index (χ0n) is 15.0. The number of aromatic nitrogens is 1. The van der Waals surface area contributed by atoms with Gasteiger partial charge in [-0.25, -0.2) is 0 Å². The number of halogens is 3. The maximum Gasteiger partial charge on any atom is 0.180 e. The van der Waals surface area contributed by atoms with Crippen molar-refractivity contribution in [1.82, 2.24) is 10.3 Å². The third kappa shape index (κ3) is 7.17. The number of rotatable bonds is 8. The lowest BCUT2D eigenvalue weighted by Crippen LogP contribution is -2.42. The van der Waals surface area contributed by atoms with Crippen molar-refractivity contribution in [2.45, 2.75) is 32.5 Å². The van der Waals surface area contributed by atoms with Gasteiger partial charge in [0.1, 0.15) is 6.61 Å². The third-order valence-corrected chi connectivity index (χ3v) is 3.84. The van der Waals surface area contributed by atoms with Gasteiger partial charge < -0.3 is 19.9 Å². The van der Waals surface area contributed by atoms with Crippen molar-refractivity contribution in [2.24, 2.45) is 0 Å². The molecule has 0 atom stereocenters. The molecule has 0 bridgehead atoms. The second-order valence-electron chi connectivity index (χ2n) is 6.15. The molecule has 0 fully saturated rings. The molecule has 1 aromatic heterocycles. The first-order valence-corrected chi connectivity index (χ1v) is 8.07. The molecule has 0 aliphatic rings. The van der Waals surface area contributed by atoms with E-state index in [0.29, 0.717) is 29.7 Å². The summed E-state index contributed by atoms with van der Waals surface area (Å²) in [5, 5.41) is 13.1. The number of benzene rings is 1. The number of aliphatic hydroxyl groups is 1. The van der Waals surface area contributed by atoms with Crippen LogP contribution in [0.15, 0.2) is 36.7 Å². The minimum atomic E-state index is -0.366. The van der Waals surface area contributed by atoms with E-state index >= 15 is 0 Å². The van der Waals surface area contributed by atoms with Crippen molar-refractivity contribution in [2.75, 3.05) is 13.7 Å². The lowest BCUT2D eigenvalue weighted by atomic mass is 10.1. The van der Waals surface area contributed by atoms with E-state index in [1.54, 1.807) is 19.5 Å². The van der Waals surface area contributed by atoms with Gasteiger partial charge in [-0.2, -0.15) is 0 Å². The van der Waals surface area contributed by atoms with Gasteiger partial charge in [0.05, 0.1) is 18.7 Å². The molecule has 0 unspecified atom stereocenters. The highest BCUT2D eigenvalue weighted by Gasteiger charge is 2.17. The summed E-state index contributed by atoms with van der Waals surface area (Å²) >= 11 is 6.37. The Morgan fingerprint density at radius 3 is 2.54 bits per heavy atom. The molecule has 0 aliphatic heterocycles. The van der Waals surface area contributed by atoms with E-state index in [1.165, 1.54) is 0 Å². The van der Waals surface area contributed by atoms with Crippen LogP contribution in [0.5, 0.6) is 11.5 Å². The minimum Gasteiger partial charge on any atom is -0.493 e. The summed E-state index contributed by atoms with van der Waals surface area (Å²) in [4.78, 5) is 4.06. The Hall–Kier alpha value is -1.24. The first-order valence-electron chi connectivity index (χ1n) is 7.69. The standard InChI is InChI=1S/C18H23ClN2O3.2ClH/c1-18(2,12-22)21-10-14-7-15(19)17(16(8-14)23-3)24-11-13-5-4-6-20-9-13;;/h4-9,21-22H,10-12H2,1-3H3;2*1H. The van der Waals surface area contributed by atoms with Crippen LogP contribution in [0, 0.1) is 0 Å². The highest BCUT2D eigenvalue weighted by Crippen LogP contribution is 2.37. The summed E-state index contributed by atoms with van der Waals surface area (Å²) in [6, 6.07) is 7.51. The molecule has 26 heavy (non-hydrogen) atoms. The summed E-state index contributed by atoms with van der Waals surface area (Å²) < 4.78 is 11.2. The van der Waals surface area contributed by atoms with E-state index in [1.807, 2.05) is 38.1 Å². The maximum absolute atomic E-state index is 9.31. The average molecular weight is 424 g/mol. The number of hydrogen-bond donors (Lipinski definition) is 2. The molecule has 146 valence electrons. The van der Waals surface area contributed by atoms with Crippen LogP contribution in [-0.2, 0) is 13.2 Å². The monoisotopic (exact) mass is 422 g/mol. The fourth-order valence-corrected chi connectivity index (χ4v) is 2.34. The molecular formula is C18H25Cl3N2O3. The molecule has 0 amide bonds. The van der Waals surface area contributed by atoms with Crippen molar-refractivity contribution in [3.8, 4) is 11.5 Å². The quantitative estimate of drug-likeness (QED) is 0.671. The van der Waals surface area contributed by atoms with Crippen LogP contribution in [0.25, 0.3) is 0 Å². The molecule has 8 heteroatoms. The number of pyridine rings is 1. The van der Waals surface area contributed by atoms with Gasteiger partial charge >= 0.3 is 0 Å². The predicted octanol–water partition coefficient (Wildman–Crippen LogP) is 4.03. The largest absolute Gasteiger partial charge is 0.493 e. The Labute approximate surface area is 171 Å². The van der Waals surface area contributed by atoms with Crippen molar-refractivity contribution in [3.05, 3.63) is 52.8 Å². The van der Waals surface area contributed by atoms with Crippen LogP contribution in [0.2, 0.25) is 5.02 Å². The molecule has 2 N–H and O–H groups in total. The molecule has 0 saturated heterocycles. The Morgan fingerprint density at radius 1 is 1.23 bits per heavy atom. The number of aliphatic hydroxyl groups excluding tert-OH is 1. The number of nitrogens with zero attached hydrogens (tertiary/aromatic N) is 1. The van der Waals surface area contributed by atoms with Gasteiger partial charge in [-0.15, -0.1) is 24.8 Å². The summed E-state index contributed by atoms with van der Waals surface area (Å²) in [6.45, 7) is 4.82. The zero-order valence-corrected chi connectivity index (χ0v) is 17.4. The lowest BCUT2D eigenvalue weighted by Gasteiger charge is -2.24. The topological polar surface area (TPSA) is 63.6 Å². The van der Waals surface area contributed by atoms with E-state index in [9.17, 15) is 5.11 Å². The molecule has 2 aromatic rings. The Bertz CT molecular complexity index is 670. The highest BCUT2D eigenvalue weighted by atomic mass is 35.5. The van der Waals surface area contributed by atoms with Gasteiger partial charge in [0, 0.05) is 30.0 Å². The summed E-state index contributed by atoms with van der Waals surface area (Å²) in [7, 11) is 1.58. The Balaban J connectivity index is 0.00000312. The maximum atomic E-state index is 9.31. The lowest BCUT2D eigenvalue weighted by molar-refractivity contribution is 0.187. The fourth-order valence-electron chi connectivity index (χ4n) is 2.05. The molecule has 0 spiro atoms. The molecule has 2 rings (SSSR count). The van der Waals surface area contributed by atoms with E-state index in [-0.39, 0.29) is 37.0 Å². The normalized spacial score (nSPS) is 10.5. The Morgan fingerprint density at radius 2 is 1.96 bits per heavy atom. The van der Waals surface area contributed by atoms with Crippen LogP contribution in [0.4, 0.5) is 0 Å². The van der Waals surface area contributed by atoms with Crippen LogP contribution in [-0.4, -0.2) is 29.3 Å². The Kier molecular flexibility index (Phi) is 10.9. The summed E-state index contributed by atoms with van der Waals surface area (Å²) in [6.07, 6.45) is 3.46. The third-order valence-electron chi connectivity index (χ3n) is 3.56. The molecule has 1 heterocycles. The highest BCUT2D eigenvalue weighted by molar-refractivity contribution is 6.32. The molecule has 0 radical (unpaired) electrons. The minimum absolute atomic E-state index is 0. The smallest absolute Gasteiger partial charge is 0.180 e. The second kappa shape index (κ2) is 11.5. The van der Waals surface area contributed by atoms with Crippen LogP contribution < -0.4 is 14.8 Å². The van der Waals surface area contributed by atoms with E-state index in [2.05, 4.69) is 10.3 Å². The van der Waals surface area contributed by atoms with Crippen molar-refractivity contribution in [1.29, 1.82) is 0 Å². The number of hydrogen-bond acceptors (Lipinski definition) is 5. The van der Waals surface area contributed by atoms with Gasteiger partial charge in [-0.05, 0) is 37.6 Å². The summed E-state index contributed by atoms with van der Waals surface area (Å²) in [5.74, 6) is 1.08. The second-order valence-corrected chi connectivity index (χ2v) is 6.56. The van der Waals surface area contributed by atoms with Crippen LogP contribution >= 0.6 is 36.4 Å². The van der Waals surface area contributed by atoms with E-state index < -0.39 is 0 Å². The van der Waals surface area contributed by atoms with Gasteiger partial charge in [-0.1, -0.05) is 17.7 Å². The van der Waals surface area contributed by atoms with Crippen molar-refractivity contribution < 1.29 is 14.6 Å². The van der Waals surface area contributed by atoms with Crippen molar-refractivity contribution in [3.63, 3.8) is 0 Å². The first-order chi connectivity index (χ1) is 11.4. The summed E-state index contributed by atoms with van der Waals surface area (Å²) in [5.41, 5.74) is 1.54. The number of methoxy groups -OCH3 is 1. The fraction of sp³-hybridized carbons (Fsp3) is 0.389. The van der Waals surface area contributed by atoms with Crippen molar-refractivity contribution >= 4 is 36.4 Å². The average Bonchev–Trinajstić information content (AvgIpc) is 2.59. The molecule has 0 aliphatic carbocycles. The number of ether oxygens (including phenoxy) is 2. The van der Waals surface area contributed by atoms with E-state index in [0.717, 1.165) is 11.1 Å². The molecule has 0 saturated carbocycles. The zero-order chi connectivity index (χ0) is 17.6. The predicted molar refractivity (Wildman–Crippen MR) is 109 cm³/mol. The molecule has 1 aromatic carbocycles. The SMILES string of the molecule is COc1cc(CNC(C)(C)CO)cc(Cl)c1OCc1cccnc1.Cl.Cl. The first kappa shape index (κ1) is 24.8. The van der Waals surface area contributed by atoms with Gasteiger partial charge in [0.15, 0.2) is 11.5 Å². The van der Waals surface area contributed by atoms with Crippen LogP contribution in [0.1, 0.15) is 25.0 Å². The van der Waals surface area contributed by atoms with Crippen LogP contribution in [0.3, 0.4) is 0 Å². The number of nitrogens with one attached hydrogen (secondary N) is 1. The van der Waals surface area contributed by atoms with Gasteiger partial charge in [0.25, 0.3) is 0 Å². The van der Waals surface area contributed by atoms with E-state index in [4.69, 9.17) is 21.1 Å². The molecule has 5 nitrogen and oxygen atoms in total. The molecular weight excluding hydrogens is 399 g/mol. The van der Waals surface area contributed by atoms with Gasteiger partial charge in [0.2, 0.25) is 0 Å². The van der Waals surface area contributed by atoms with Gasteiger partial charge in [-0.3, -0.25) is 4.98 Å².